The van der Waals surface area contributed by atoms with Crippen molar-refractivity contribution in [2.24, 2.45) is 0 Å². The second-order valence-corrected chi connectivity index (χ2v) is 8.17. The van der Waals surface area contributed by atoms with Crippen LogP contribution in [0.5, 0.6) is 0 Å². The minimum atomic E-state index is 0.160. The summed E-state index contributed by atoms with van der Waals surface area (Å²) in [5.74, 6) is 0.160. The molecule has 0 spiro atoms. The number of carbonyl (C=O) groups is 1. The molecule has 0 fully saturated rings. The van der Waals surface area contributed by atoms with Gasteiger partial charge in [-0.1, -0.05) is 24.3 Å². The van der Waals surface area contributed by atoms with Crippen molar-refractivity contribution in [3.05, 3.63) is 75.5 Å². The Morgan fingerprint density at radius 2 is 1.88 bits per heavy atom. The molecule has 4 heteroatoms. The number of fused-ring (bicyclic) bond motifs is 1. The maximum Gasteiger partial charge on any atom is 0.168 e. The van der Waals surface area contributed by atoms with E-state index in [0.717, 1.165) is 32.1 Å². The summed E-state index contributed by atoms with van der Waals surface area (Å²) in [6.07, 6.45) is 0.422. The van der Waals surface area contributed by atoms with Crippen LogP contribution in [0.2, 0.25) is 0 Å². The molecule has 2 aromatic heterocycles. The molecule has 2 aromatic carbocycles. The lowest BCUT2D eigenvalue weighted by Crippen LogP contribution is -2.03. The SMILES string of the molecule is Cc1ccc(C(=O)Cc2sccc2-c2nc3ccccc3s2)cc1C. The number of benzene rings is 2. The predicted molar refractivity (Wildman–Crippen MR) is 107 cm³/mol. The van der Waals surface area contributed by atoms with Gasteiger partial charge < -0.3 is 0 Å². The fourth-order valence-corrected chi connectivity index (χ4v) is 4.78. The molecule has 0 N–H and O–H groups in total. The van der Waals surface area contributed by atoms with Crippen LogP contribution in [-0.4, -0.2) is 10.8 Å². The summed E-state index contributed by atoms with van der Waals surface area (Å²) < 4.78 is 1.18. The van der Waals surface area contributed by atoms with Gasteiger partial charge in [0, 0.05) is 22.4 Å². The summed E-state index contributed by atoms with van der Waals surface area (Å²) in [5.41, 5.74) is 5.25. The molecule has 0 atom stereocenters. The van der Waals surface area contributed by atoms with Crippen molar-refractivity contribution in [1.29, 1.82) is 0 Å². The van der Waals surface area contributed by atoms with Crippen LogP contribution >= 0.6 is 22.7 Å². The number of aryl methyl sites for hydroxylation is 2. The number of hydrogen-bond acceptors (Lipinski definition) is 4. The molecule has 0 aliphatic heterocycles. The molecular formula is C21H17NOS2. The van der Waals surface area contributed by atoms with Crippen molar-refractivity contribution < 1.29 is 4.79 Å². The second-order valence-electron chi connectivity index (χ2n) is 6.14. The van der Waals surface area contributed by atoms with Gasteiger partial charge in [0.25, 0.3) is 0 Å². The molecule has 4 rings (SSSR count). The third kappa shape index (κ3) is 3.15. The van der Waals surface area contributed by atoms with Gasteiger partial charge in [-0.25, -0.2) is 4.98 Å². The van der Waals surface area contributed by atoms with Crippen LogP contribution in [0, 0.1) is 13.8 Å². The summed E-state index contributed by atoms with van der Waals surface area (Å²) in [7, 11) is 0. The van der Waals surface area contributed by atoms with Gasteiger partial charge in [-0.2, -0.15) is 0 Å². The second kappa shape index (κ2) is 6.54. The minimum absolute atomic E-state index is 0.160. The Morgan fingerprint density at radius 3 is 2.68 bits per heavy atom. The molecule has 2 heterocycles. The van der Waals surface area contributed by atoms with E-state index < -0.39 is 0 Å². The van der Waals surface area contributed by atoms with Gasteiger partial charge in [0.1, 0.15) is 5.01 Å². The van der Waals surface area contributed by atoms with Crippen LogP contribution in [-0.2, 0) is 6.42 Å². The number of aromatic nitrogens is 1. The predicted octanol–water partition coefficient (Wildman–Crippen LogP) is 6.07. The van der Waals surface area contributed by atoms with Gasteiger partial charge in [-0.3, -0.25) is 4.79 Å². The number of para-hydroxylation sites is 1. The monoisotopic (exact) mass is 363 g/mol. The van der Waals surface area contributed by atoms with Crippen LogP contribution in [0.3, 0.4) is 0 Å². The molecule has 0 aliphatic rings. The Morgan fingerprint density at radius 1 is 1.04 bits per heavy atom. The highest BCUT2D eigenvalue weighted by Crippen LogP contribution is 2.35. The number of thiazole rings is 1. The van der Waals surface area contributed by atoms with E-state index in [-0.39, 0.29) is 5.78 Å². The molecule has 4 aromatic rings. The summed E-state index contributed by atoms with van der Waals surface area (Å²) in [6, 6.07) is 16.2. The molecule has 124 valence electrons. The Hall–Kier alpha value is -2.30. The molecule has 0 saturated carbocycles. The van der Waals surface area contributed by atoms with Crippen LogP contribution in [0.15, 0.2) is 53.9 Å². The van der Waals surface area contributed by atoms with E-state index in [9.17, 15) is 4.79 Å². The lowest BCUT2D eigenvalue weighted by Gasteiger charge is -2.05. The van der Waals surface area contributed by atoms with Gasteiger partial charge in [0.2, 0.25) is 0 Å². The van der Waals surface area contributed by atoms with Crippen molar-refractivity contribution in [2.75, 3.05) is 0 Å². The number of Topliss-reactive ketones (excluding diaryl/α,β-unsaturated/α-hetero) is 1. The molecule has 0 unspecified atom stereocenters. The maximum absolute atomic E-state index is 12.7. The van der Waals surface area contributed by atoms with Gasteiger partial charge in [-0.05, 0) is 54.6 Å². The zero-order valence-corrected chi connectivity index (χ0v) is 15.7. The Kier molecular flexibility index (Phi) is 4.24. The molecule has 0 bridgehead atoms. The van der Waals surface area contributed by atoms with Gasteiger partial charge in [0.05, 0.1) is 10.2 Å². The van der Waals surface area contributed by atoms with E-state index >= 15 is 0 Å². The van der Waals surface area contributed by atoms with Crippen molar-refractivity contribution in [3.63, 3.8) is 0 Å². The van der Waals surface area contributed by atoms with Crippen LogP contribution in [0.4, 0.5) is 0 Å². The molecular weight excluding hydrogens is 346 g/mol. The van der Waals surface area contributed by atoms with E-state index in [2.05, 4.69) is 19.1 Å². The van der Waals surface area contributed by atoms with Gasteiger partial charge >= 0.3 is 0 Å². The highest BCUT2D eigenvalue weighted by molar-refractivity contribution is 7.22. The van der Waals surface area contributed by atoms with E-state index in [1.165, 1.54) is 10.3 Å². The van der Waals surface area contributed by atoms with Gasteiger partial charge in [-0.15, -0.1) is 22.7 Å². The van der Waals surface area contributed by atoms with E-state index in [4.69, 9.17) is 4.98 Å². The summed E-state index contributed by atoms with van der Waals surface area (Å²) in [6.45, 7) is 4.11. The molecule has 25 heavy (non-hydrogen) atoms. The van der Waals surface area contributed by atoms with E-state index in [1.54, 1.807) is 22.7 Å². The average Bonchev–Trinajstić information content (AvgIpc) is 3.23. The first-order valence-corrected chi connectivity index (χ1v) is 9.84. The number of nitrogens with zero attached hydrogens (tertiary/aromatic N) is 1. The van der Waals surface area contributed by atoms with Crippen LogP contribution in [0.1, 0.15) is 26.4 Å². The summed E-state index contributed by atoms with van der Waals surface area (Å²) >= 11 is 3.31. The van der Waals surface area contributed by atoms with Crippen molar-refractivity contribution in [1.82, 2.24) is 4.98 Å². The Balaban J connectivity index is 1.65. The summed E-state index contributed by atoms with van der Waals surface area (Å²) in [5, 5.41) is 3.04. The number of rotatable bonds is 4. The average molecular weight is 364 g/mol. The molecule has 0 radical (unpaired) electrons. The highest BCUT2D eigenvalue weighted by atomic mass is 32.1. The molecule has 0 saturated heterocycles. The zero-order chi connectivity index (χ0) is 17.4. The number of carbonyl (C=O) groups excluding carboxylic acids is 1. The van der Waals surface area contributed by atoms with Gasteiger partial charge in [0.15, 0.2) is 5.78 Å². The standard InChI is InChI=1S/C21H17NOS2/c1-13-7-8-15(11-14(13)2)18(23)12-20-16(9-10-24-20)21-22-17-5-3-4-6-19(17)25-21/h3-11H,12H2,1-2H3. The third-order valence-corrected chi connectivity index (χ3v) is 6.41. The Labute approximate surface area is 154 Å². The maximum atomic E-state index is 12.7. The topological polar surface area (TPSA) is 30.0 Å². The molecule has 0 amide bonds. The highest BCUT2D eigenvalue weighted by Gasteiger charge is 2.16. The zero-order valence-electron chi connectivity index (χ0n) is 14.1. The quantitative estimate of drug-likeness (QED) is 0.412. The summed E-state index contributed by atoms with van der Waals surface area (Å²) in [4.78, 5) is 18.5. The lowest BCUT2D eigenvalue weighted by molar-refractivity contribution is 0.0994. The van der Waals surface area contributed by atoms with Crippen molar-refractivity contribution in [2.45, 2.75) is 20.3 Å². The number of ketones is 1. The lowest BCUT2D eigenvalue weighted by atomic mass is 10.0. The normalized spacial score (nSPS) is 11.1. The number of hydrogen-bond donors (Lipinski definition) is 0. The van der Waals surface area contributed by atoms with Crippen molar-refractivity contribution in [3.8, 4) is 10.6 Å². The van der Waals surface area contributed by atoms with E-state index in [0.29, 0.717) is 6.42 Å². The van der Waals surface area contributed by atoms with E-state index in [1.807, 2.05) is 48.7 Å². The Bertz CT molecular complexity index is 1040. The first-order valence-electron chi connectivity index (χ1n) is 8.14. The third-order valence-electron chi connectivity index (χ3n) is 4.42. The largest absolute Gasteiger partial charge is 0.294 e. The smallest absolute Gasteiger partial charge is 0.168 e. The fraction of sp³-hybridized carbons (Fsp3) is 0.143. The fourth-order valence-electron chi connectivity index (χ4n) is 2.82. The molecule has 0 aliphatic carbocycles. The first-order chi connectivity index (χ1) is 12.1. The van der Waals surface area contributed by atoms with Crippen LogP contribution in [0.25, 0.3) is 20.8 Å². The molecule has 2 nitrogen and oxygen atoms in total. The number of thiophene rings is 1. The first kappa shape index (κ1) is 16.2. The van der Waals surface area contributed by atoms with Crippen molar-refractivity contribution >= 4 is 38.7 Å². The van der Waals surface area contributed by atoms with Crippen LogP contribution < -0.4 is 0 Å². The minimum Gasteiger partial charge on any atom is -0.294 e.